The van der Waals surface area contributed by atoms with Gasteiger partial charge in [-0.3, -0.25) is 4.99 Å². The van der Waals surface area contributed by atoms with Gasteiger partial charge in [0.15, 0.2) is 10.8 Å². The van der Waals surface area contributed by atoms with Gasteiger partial charge in [-0.15, -0.1) is 25.0 Å². The molecule has 4 atom stereocenters. The van der Waals surface area contributed by atoms with Crippen molar-refractivity contribution in [2.45, 2.75) is 108 Å². The van der Waals surface area contributed by atoms with E-state index in [1.807, 2.05) is 20.8 Å². The molecule has 2 aliphatic rings. The smallest absolute Gasteiger partial charge is 0.410 e. The summed E-state index contributed by atoms with van der Waals surface area (Å²) in [5, 5.41) is 2.51. The molecule has 1 saturated heterocycles. The summed E-state index contributed by atoms with van der Waals surface area (Å²) >= 11 is 4.58. The Labute approximate surface area is 253 Å². The van der Waals surface area contributed by atoms with Crippen molar-refractivity contribution in [2.24, 2.45) is 16.6 Å². The SMILES string of the molecule is C#CC[C@@H]1C[C@@H](Oc2cc(OC(C)(S)[C@@H](C)CC(F)(F)CNC)nc(/C(N)=N/C3CC3)n2)CCN1C(=O)OC(C)(C)C. The number of piperidine rings is 1. The first kappa shape index (κ1) is 33.6. The number of hydrogen-bond acceptors (Lipinski definition) is 9. The van der Waals surface area contributed by atoms with Gasteiger partial charge in [0, 0.05) is 44.2 Å². The maximum atomic E-state index is 14.3. The molecule has 234 valence electrons. The van der Waals surface area contributed by atoms with E-state index < -0.39 is 41.4 Å². The highest BCUT2D eigenvalue weighted by Gasteiger charge is 2.40. The zero-order valence-electron chi connectivity index (χ0n) is 25.3. The van der Waals surface area contributed by atoms with Gasteiger partial charge in [-0.25, -0.2) is 13.6 Å². The van der Waals surface area contributed by atoms with E-state index in [0.29, 0.717) is 25.8 Å². The van der Waals surface area contributed by atoms with Crippen molar-refractivity contribution in [3.63, 3.8) is 0 Å². The first-order valence-electron chi connectivity index (χ1n) is 14.3. The van der Waals surface area contributed by atoms with Gasteiger partial charge in [-0.05, 0) is 47.6 Å². The average Bonchev–Trinajstić information content (AvgIpc) is 3.66. The lowest BCUT2D eigenvalue weighted by Crippen LogP contribution is -2.50. The standard InChI is InChI=1S/C29H44F2N6O4S/c1-8-9-20-14-21(12-13-37(20)26(38)41-27(3,4)5)39-22-15-23(36-25(35-22)24(32)34-19-10-11-19)40-28(6,42)18(2)16-29(30,31)17-33-7/h1,15,18-21,33,42H,9-14,16-17H2,2-7H3,(H2,32,34)/t18-,20+,21-,28?/m0/s1. The molecule has 10 nitrogen and oxygen atoms in total. The molecule has 0 bridgehead atoms. The van der Waals surface area contributed by atoms with Crippen molar-refractivity contribution in [1.82, 2.24) is 20.2 Å². The highest BCUT2D eigenvalue weighted by atomic mass is 32.1. The number of carbonyl (C=O) groups is 1. The number of thiol groups is 1. The van der Waals surface area contributed by atoms with Gasteiger partial charge in [-0.1, -0.05) is 6.92 Å². The predicted octanol–water partition coefficient (Wildman–Crippen LogP) is 4.42. The lowest BCUT2D eigenvalue weighted by atomic mass is 9.97. The second-order valence-corrected chi connectivity index (χ2v) is 13.1. The molecule has 1 aromatic heterocycles. The molecule has 0 aromatic carbocycles. The van der Waals surface area contributed by atoms with Crippen LogP contribution in [0, 0.1) is 18.3 Å². The van der Waals surface area contributed by atoms with Crippen LogP contribution in [-0.4, -0.2) is 81.6 Å². The van der Waals surface area contributed by atoms with E-state index in [2.05, 4.69) is 38.8 Å². The average molecular weight is 611 g/mol. The van der Waals surface area contributed by atoms with Crippen LogP contribution in [0.4, 0.5) is 13.6 Å². The largest absolute Gasteiger partial charge is 0.474 e. The maximum absolute atomic E-state index is 14.3. The molecule has 1 saturated carbocycles. The number of likely N-dealkylation sites (tertiary alicyclic amines) is 1. The Hall–Kier alpha value is -2.85. The van der Waals surface area contributed by atoms with Crippen molar-refractivity contribution in [1.29, 1.82) is 0 Å². The van der Waals surface area contributed by atoms with Crippen molar-refractivity contribution < 1.29 is 27.8 Å². The molecule has 1 aliphatic carbocycles. The third-order valence-corrected chi connectivity index (χ3v) is 7.51. The number of ether oxygens (including phenoxy) is 3. The third kappa shape index (κ3) is 10.2. The van der Waals surface area contributed by atoms with Crippen molar-refractivity contribution in [2.75, 3.05) is 20.1 Å². The number of amidine groups is 1. The molecular formula is C29H44F2N6O4S. The number of hydrogen-bond donors (Lipinski definition) is 3. The zero-order chi connectivity index (χ0) is 31.3. The summed E-state index contributed by atoms with van der Waals surface area (Å²) < 4.78 is 46.6. The molecular weight excluding hydrogens is 566 g/mol. The van der Waals surface area contributed by atoms with E-state index in [4.69, 9.17) is 26.4 Å². The third-order valence-electron chi connectivity index (χ3n) is 6.98. The fraction of sp³-hybridized carbons (Fsp3) is 0.724. The fourth-order valence-corrected chi connectivity index (χ4v) is 4.74. The Morgan fingerprint density at radius 3 is 2.55 bits per heavy atom. The van der Waals surface area contributed by atoms with Crippen molar-refractivity contribution in [3.8, 4) is 24.1 Å². The first-order chi connectivity index (χ1) is 19.5. The Bertz CT molecular complexity index is 1170. The number of nitrogens with two attached hydrogens (primary N) is 1. The molecule has 2 heterocycles. The van der Waals surface area contributed by atoms with E-state index >= 15 is 0 Å². The molecule has 1 aromatic rings. The van der Waals surface area contributed by atoms with Gasteiger partial charge in [0.25, 0.3) is 5.92 Å². The Kier molecular flexibility index (Phi) is 10.9. The lowest BCUT2D eigenvalue weighted by molar-refractivity contribution is -0.0375. The number of halogens is 2. The molecule has 13 heteroatoms. The van der Waals surface area contributed by atoms with Gasteiger partial charge < -0.3 is 30.2 Å². The number of carbonyl (C=O) groups excluding carboxylic acids is 1. The van der Waals surface area contributed by atoms with Crippen LogP contribution in [-0.2, 0) is 4.74 Å². The predicted molar refractivity (Wildman–Crippen MR) is 160 cm³/mol. The number of rotatable bonds is 12. The molecule has 1 amide bonds. The minimum Gasteiger partial charge on any atom is -0.474 e. The summed E-state index contributed by atoms with van der Waals surface area (Å²) in [7, 11) is 1.47. The first-order valence-corrected chi connectivity index (χ1v) is 14.7. The summed E-state index contributed by atoms with van der Waals surface area (Å²) in [6.07, 6.45) is 7.55. The second-order valence-electron chi connectivity index (χ2n) is 12.3. The van der Waals surface area contributed by atoms with E-state index in [9.17, 15) is 13.6 Å². The number of amides is 1. The van der Waals surface area contributed by atoms with Crippen molar-refractivity contribution in [3.05, 3.63) is 11.9 Å². The lowest BCUT2D eigenvalue weighted by Gasteiger charge is -2.39. The summed E-state index contributed by atoms with van der Waals surface area (Å²) in [6, 6.07) is 1.31. The van der Waals surface area contributed by atoms with Crippen LogP contribution >= 0.6 is 12.6 Å². The van der Waals surface area contributed by atoms with Gasteiger partial charge in [0.2, 0.25) is 17.6 Å². The minimum atomic E-state index is -2.95. The summed E-state index contributed by atoms with van der Waals surface area (Å²) in [6.45, 7) is 8.61. The zero-order valence-corrected chi connectivity index (χ0v) is 26.2. The van der Waals surface area contributed by atoms with Gasteiger partial charge in [0.1, 0.15) is 11.7 Å². The molecule has 1 aliphatic heterocycles. The molecule has 42 heavy (non-hydrogen) atoms. The number of aromatic nitrogens is 2. The van der Waals surface area contributed by atoms with Gasteiger partial charge >= 0.3 is 6.09 Å². The molecule has 1 unspecified atom stereocenters. The highest BCUT2D eigenvalue weighted by Crippen LogP contribution is 2.36. The number of nitrogens with one attached hydrogen (secondary N) is 1. The summed E-state index contributed by atoms with van der Waals surface area (Å²) in [5.41, 5.74) is 5.58. The van der Waals surface area contributed by atoms with Crippen LogP contribution in [0.15, 0.2) is 11.1 Å². The highest BCUT2D eigenvalue weighted by molar-refractivity contribution is 7.81. The van der Waals surface area contributed by atoms with Crippen LogP contribution in [0.2, 0.25) is 0 Å². The Balaban J connectivity index is 1.82. The topological polar surface area (TPSA) is 124 Å². The molecule has 3 rings (SSSR count). The van der Waals surface area contributed by atoms with Crippen LogP contribution in [0.5, 0.6) is 11.8 Å². The monoisotopic (exact) mass is 610 g/mol. The molecule has 3 N–H and O–H groups in total. The van der Waals surface area contributed by atoms with Crippen LogP contribution in [0.3, 0.4) is 0 Å². The quantitative estimate of drug-likeness (QED) is 0.105. The van der Waals surface area contributed by atoms with Crippen LogP contribution in [0.25, 0.3) is 0 Å². The van der Waals surface area contributed by atoms with Gasteiger partial charge in [0.05, 0.1) is 18.7 Å². The number of nitrogens with zero attached hydrogens (tertiary/aromatic N) is 4. The summed E-state index contributed by atoms with van der Waals surface area (Å²) in [5.74, 6) is -0.485. The molecule has 0 spiro atoms. The van der Waals surface area contributed by atoms with E-state index in [0.717, 1.165) is 12.8 Å². The normalized spacial score (nSPS) is 22.1. The van der Waals surface area contributed by atoms with Crippen LogP contribution in [0.1, 0.15) is 79.0 Å². The number of terminal acetylenes is 1. The summed E-state index contributed by atoms with van der Waals surface area (Å²) in [4.78, 5) is 26.5. The van der Waals surface area contributed by atoms with E-state index in [-0.39, 0.29) is 41.6 Å². The Morgan fingerprint density at radius 2 is 1.95 bits per heavy atom. The number of aliphatic imine (C=N–C) groups is 1. The molecule has 0 radical (unpaired) electrons. The fourth-order valence-electron chi connectivity index (χ4n) is 4.55. The Morgan fingerprint density at radius 1 is 1.29 bits per heavy atom. The second kappa shape index (κ2) is 13.6. The van der Waals surface area contributed by atoms with E-state index in [1.54, 1.807) is 18.7 Å². The van der Waals surface area contributed by atoms with E-state index in [1.165, 1.54) is 13.1 Å². The minimum absolute atomic E-state index is 0.0663. The van der Waals surface area contributed by atoms with Crippen LogP contribution < -0.4 is 20.5 Å². The number of alkyl halides is 2. The maximum Gasteiger partial charge on any atom is 0.410 e. The molecule has 2 fully saturated rings. The van der Waals surface area contributed by atoms with Gasteiger partial charge in [-0.2, -0.15) is 9.97 Å². The van der Waals surface area contributed by atoms with Crippen molar-refractivity contribution >= 4 is 24.6 Å².